The van der Waals surface area contributed by atoms with Crippen molar-refractivity contribution in [2.24, 2.45) is 44.8 Å². The Morgan fingerprint density at radius 1 is 0.635 bits per heavy atom. The number of nitrogens with zero attached hydrogens (tertiary/aromatic N) is 6. The van der Waals surface area contributed by atoms with Crippen LogP contribution >= 0.6 is 23.2 Å². The minimum atomic E-state index is -0.706. The van der Waals surface area contributed by atoms with Gasteiger partial charge >= 0.3 is 0 Å². The number of carbonyl (C=O) groups is 2. The number of carbonyl (C=O) groups excluding carboxylic acids is 2. The van der Waals surface area contributed by atoms with Gasteiger partial charge in [-0.1, -0.05) is 47.5 Å². The van der Waals surface area contributed by atoms with E-state index in [2.05, 4.69) is 10.2 Å². The van der Waals surface area contributed by atoms with Gasteiger partial charge in [0.1, 0.15) is 22.7 Å². The van der Waals surface area contributed by atoms with Crippen LogP contribution in [0.25, 0.3) is 44.8 Å². The topological polar surface area (TPSA) is 269 Å². The third kappa shape index (κ3) is 5.78. The van der Waals surface area contributed by atoms with Crippen LogP contribution in [0, 0.1) is 0 Å². The van der Waals surface area contributed by atoms with Crippen molar-refractivity contribution >= 4 is 68.8 Å². The number of hydrogen-bond acceptors (Lipinski definition) is 10. The molecule has 6 rings (SSSR count). The molecule has 0 aliphatic carbocycles. The highest BCUT2D eigenvalue weighted by molar-refractivity contribution is 6.34. The smallest absolute Gasteiger partial charge is 0.252 e. The van der Waals surface area contributed by atoms with Gasteiger partial charge in [0.2, 0.25) is 0 Å². The van der Waals surface area contributed by atoms with E-state index in [0.29, 0.717) is 66.0 Å². The fraction of sp³-hybridized carbons (Fsp3) is 0.118. The maximum atomic E-state index is 12.4. The summed E-state index contributed by atoms with van der Waals surface area (Å²) >= 11 is 13.7. The van der Waals surface area contributed by atoms with E-state index < -0.39 is 11.8 Å². The van der Waals surface area contributed by atoms with Gasteiger partial charge in [-0.05, 0) is 36.4 Å². The number of methoxy groups -OCH3 is 2. The van der Waals surface area contributed by atoms with Crippen LogP contribution in [0.2, 0.25) is 10.0 Å². The maximum Gasteiger partial charge on any atom is 0.252 e. The summed E-state index contributed by atoms with van der Waals surface area (Å²) < 4.78 is 15.1. The average molecular weight is 744 g/mol. The van der Waals surface area contributed by atoms with E-state index in [4.69, 9.17) is 77.3 Å². The number of aromatic nitrogens is 4. The number of hydrazone groups is 2. The first kappa shape index (κ1) is 35.3. The third-order valence-corrected chi connectivity index (χ3v) is 9.17. The molecule has 12 N–H and O–H groups in total. The van der Waals surface area contributed by atoms with E-state index >= 15 is 0 Å². The molecule has 0 aliphatic heterocycles. The molecule has 18 heteroatoms. The summed E-state index contributed by atoms with van der Waals surface area (Å²) in [6.07, 6.45) is 0. The van der Waals surface area contributed by atoms with Gasteiger partial charge in [-0.2, -0.15) is 10.2 Å². The minimum Gasteiger partial charge on any atom is -0.494 e. The predicted molar refractivity (Wildman–Crippen MR) is 200 cm³/mol. The number of rotatable bonds is 11. The summed E-state index contributed by atoms with van der Waals surface area (Å²) in [5, 5.41) is 7.98. The largest absolute Gasteiger partial charge is 0.494 e. The number of hydrogen-bond donors (Lipinski definition) is 6. The van der Waals surface area contributed by atoms with Crippen molar-refractivity contribution in [1.82, 2.24) is 19.1 Å². The second-order valence-corrected chi connectivity index (χ2v) is 12.1. The van der Waals surface area contributed by atoms with Crippen molar-refractivity contribution in [2.75, 3.05) is 14.2 Å². The maximum absolute atomic E-state index is 12.4. The first-order chi connectivity index (χ1) is 25.0. The van der Waals surface area contributed by atoms with Gasteiger partial charge in [0.05, 0.1) is 46.4 Å². The standard InChI is InChI=1S/C34H32Cl2N12O4/c1-51-27-17(31(39)49)9-11-21-25(27)43-33(23-15(29(37)45-41)5-3-7-19(23)35)47(21)13-14-48-22-12-10-18(32(40)50)28(52-2)26(22)44-34(48)24-16(30(38)46-42)6-4-8-20(24)36/h3-12H,13-14,41-42H2,1-2H3,(H2,37,45)(H2,38,46)(H2,39,49)(H2,40,50). The van der Waals surface area contributed by atoms with Gasteiger partial charge in [0.15, 0.2) is 23.2 Å². The fourth-order valence-corrected chi connectivity index (χ4v) is 6.76. The van der Waals surface area contributed by atoms with Crippen molar-refractivity contribution < 1.29 is 19.1 Å². The zero-order chi connectivity index (χ0) is 37.4. The Hall–Kier alpha value is -6.52. The number of fused-ring (bicyclic) bond motifs is 2. The van der Waals surface area contributed by atoms with Crippen LogP contribution in [0.1, 0.15) is 31.8 Å². The molecule has 2 amide bonds. The van der Waals surface area contributed by atoms with E-state index in [1.807, 2.05) is 9.13 Å². The SMILES string of the molecule is COc1c(C(N)=O)ccc2c1nc(-c1c(Cl)cccc1/C(N)=N/N)n2CCn1c(-c2c(Cl)cccc2/C(N)=N/N)nc2c(OC)c(C(N)=O)ccc21. The van der Waals surface area contributed by atoms with Gasteiger partial charge in [0.25, 0.3) is 11.8 Å². The number of amides is 2. The second kappa shape index (κ2) is 14.0. The molecule has 266 valence electrons. The van der Waals surface area contributed by atoms with Crippen LogP contribution in [-0.2, 0) is 13.1 Å². The Kier molecular flexibility index (Phi) is 9.51. The zero-order valence-corrected chi connectivity index (χ0v) is 29.2. The Morgan fingerprint density at radius 2 is 1.02 bits per heavy atom. The molecule has 0 fully saturated rings. The van der Waals surface area contributed by atoms with Gasteiger partial charge in [0, 0.05) is 35.3 Å². The lowest BCUT2D eigenvalue weighted by Gasteiger charge is -2.17. The summed E-state index contributed by atoms with van der Waals surface area (Å²) in [4.78, 5) is 34.7. The molecule has 2 aromatic heterocycles. The summed E-state index contributed by atoms with van der Waals surface area (Å²) in [7, 11) is 2.82. The Labute approximate surface area is 305 Å². The van der Waals surface area contributed by atoms with E-state index in [9.17, 15) is 9.59 Å². The first-order valence-electron chi connectivity index (χ1n) is 15.4. The van der Waals surface area contributed by atoms with E-state index in [-0.39, 0.29) is 47.4 Å². The number of benzene rings is 4. The Balaban J connectivity index is 1.66. The number of aryl methyl sites for hydroxylation is 2. The quantitative estimate of drug-likeness (QED) is 0.0488. The first-order valence-corrected chi connectivity index (χ1v) is 16.1. The molecule has 0 spiro atoms. The van der Waals surface area contributed by atoms with Crippen molar-refractivity contribution in [3.8, 4) is 34.3 Å². The molecule has 0 radical (unpaired) electrons. The molecule has 0 saturated carbocycles. The lowest BCUT2D eigenvalue weighted by Crippen LogP contribution is -2.18. The molecule has 0 unspecified atom stereocenters. The summed E-state index contributed by atoms with van der Waals surface area (Å²) in [6.45, 7) is 0.377. The van der Waals surface area contributed by atoms with Crippen LogP contribution in [0.4, 0.5) is 0 Å². The van der Waals surface area contributed by atoms with Crippen LogP contribution in [-0.4, -0.2) is 56.8 Å². The number of halogens is 2. The van der Waals surface area contributed by atoms with Gasteiger partial charge in [-0.3, -0.25) is 9.59 Å². The van der Waals surface area contributed by atoms with Crippen LogP contribution in [0.15, 0.2) is 70.9 Å². The molecule has 6 aromatic rings. The monoisotopic (exact) mass is 742 g/mol. The van der Waals surface area contributed by atoms with Gasteiger partial charge < -0.3 is 53.2 Å². The van der Waals surface area contributed by atoms with E-state index in [0.717, 1.165) is 0 Å². The molecule has 0 bridgehead atoms. The summed E-state index contributed by atoms with van der Waals surface area (Å²) in [5.41, 5.74) is 27.5. The van der Waals surface area contributed by atoms with Crippen molar-refractivity contribution in [2.45, 2.75) is 13.1 Å². The number of imidazole rings is 2. The lowest BCUT2D eigenvalue weighted by molar-refractivity contribution is 0.0989. The fourth-order valence-electron chi connectivity index (χ4n) is 6.24. The average Bonchev–Trinajstić information content (AvgIpc) is 3.69. The summed E-state index contributed by atoms with van der Waals surface area (Å²) in [5.74, 6) is 10.8. The molecule has 4 aromatic carbocycles. The van der Waals surface area contributed by atoms with Gasteiger partial charge in [-0.15, -0.1) is 0 Å². The molecule has 16 nitrogen and oxygen atoms in total. The van der Waals surface area contributed by atoms with Crippen molar-refractivity contribution in [1.29, 1.82) is 0 Å². The Morgan fingerprint density at radius 3 is 1.35 bits per heavy atom. The number of amidine groups is 2. The molecule has 0 atom stereocenters. The molecule has 52 heavy (non-hydrogen) atoms. The van der Waals surface area contributed by atoms with Crippen molar-refractivity contribution in [3.05, 3.63) is 93.0 Å². The normalized spacial score (nSPS) is 12.1. The number of nitrogens with two attached hydrogens (primary N) is 6. The predicted octanol–water partition coefficient (Wildman–Crippen LogP) is 3.10. The van der Waals surface area contributed by atoms with Crippen LogP contribution in [0.3, 0.4) is 0 Å². The zero-order valence-electron chi connectivity index (χ0n) is 27.7. The Bertz CT molecular complexity index is 2320. The van der Waals surface area contributed by atoms with Crippen molar-refractivity contribution in [3.63, 3.8) is 0 Å². The highest BCUT2D eigenvalue weighted by Gasteiger charge is 2.27. The minimum absolute atomic E-state index is 0.00606. The molecule has 0 aliphatic rings. The molecular weight excluding hydrogens is 711 g/mol. The van der Waals surface area contributed by atoms with E-state index in [1.54, 1.807) is 60.7 Å². The lowest BCUT2D eigenvalue weighted by atomic mass is 10.1. The summed E-state index contributed by atoms with van der Waals surface area (Å²) in [6, 6.07) is 16.7. The number of ether oxygens (including phenoxy) is 2. The second-order valence-electron chi connectivity index (χ2n) is 11.3. The molecular formula is C34H32Cl2N12O4. The van der Waals surface area contributed by atoms with Crippen LogP contribution < -0.4 is 44.1 Å². The highest BCUT2D eigenvalue weighted by atomic mass is 35.5. The van der Waals surface area contributed by atoms with E-state index in [1.165, 1.54) is 14.2 Å². The molecule has 0 saturated heterocycles. The van der Waals surface area contributed by atoms with Crippen LogP contribution in [0.5, 0.6) is 11.5 Å². The third-order valence-electron chi connectivity index (χ3n) is 8.54. The van der Waals surface area contributed by atoms with Gasteiger partial charge in [-0.25, -0.2) is 9.97 Å². The highest BCUT2D eigenvalue weighted by Crippen LogP contribution is 2.40. The number of primary amides is 2. The molecule has 2 heterocycles.